The van der Waals surface area contributed by atoms with Crippen LogP contribution in [-0.2, 0) is 6.54 Å². The van der Waals surface area contributed by atoms with Crippen LogP contribution in [0, 0.1) is 13.8 Å². The van der Waals surface area contributed by atoms with E-state index in [1.54, 1.807) is 0 Å². The average molecular weight is 441 g/mol. The summed E-state index contributed by atoms with van der Waals surface area (Å²) in [6.07, 6.45) is 3.72. The summed E-state index contributed by atoms with van der Waals surface area (Å²) in [7, 11) is 0. The summed E-state index contributed by atoms with van der Waals surface area (Å²) in [5.74, 6) is 0.903. The zero-order valence-corrected chi connectivity index (χ0v) is 19.2. The Morgan fingerprint density at radius 2 is 1.70 bits per heavy atom. The van der Waals surface area contributed by atoms with Crippen molar-refractivity contribution in [2.75, 3.05) is 31.1 Å². The van der Waals surface area contributed by atoms with Crippen LogP contribution in [0.15, 0.2) is 73.1 Å². The topological polar surface area (TPSA) is 64.2 Å². The second-order valence-corrected chi connectivity index (χ2v) is 8.83. The SMILES string of the molecule is Cc1ccc(C)c(N2CC[NH+]([C@@H](c3ccncc3)c3nnnn3Cc3ccccc3)CC2)c1. The highest BCUT2D eigenvalue weighted by Crippen LogP contribution is 2.23. The van der Waals surface area contributed by atoms with Crippen LogP contribution in [0.1, 0.15) is 34.1 Å². The molecule has 5 rings (SSSR count). The first-order chi connectivity index (χ1) is 16.2. The lowest BCUT2D eigenvalue weighted by Crippen LogP contribution is -3.15. The molecule has 7 nitrogen and oxygen atoms in total. The lowest BCUT2D eigenvalue weighted by Gasteiger charge is -2.37. The number of nitrogens with one attached hydrogen (secondary N) is 1. The Kier molecular flexibility index (Phi) is 6.13. The summed E-state index contributed by atoms with van der Waals surface area (Å²) in [5.41, 5.74) is 6.38. The molecular formula is C26H30N7+. The Bertz CT molecular complexity index is 1180. The molecule has 1 aliphatic rings. The van der Waals surface area contributed by atoms with Crippen LogP contribution in [0.25, 0.3) is 0 Å². The van der Waals surface area contributed by atoms with E-state index in [4.69, 9.17) is 0 Å². The Balaban J connectivity index is 1.41. The van der Waals surface area contributed by atoms with Gasteiger partial charge in [-0.2, -0.15) is 0 Å². The van der Waals surface area contributed by atoms with Crippen LogP contribution in [0.2, 0.25) is 0 Å². The van der Waals surface area contributed by atoms with Crippen molar-refractivity contribution in [2.45, 2.75) is 26.4 Å². The molecule has 1 atom stereocenters. The summed E-state index contributed by atoms with van der Waals surface area (Å²) >= 11 is 0. The first-order valence-corrected chi connectivity index (χ1v) is 11.6. The lowest BCUT2D eigenvalue weighted by atomic mass is 10.0. The van der Waals surface area contributed by atoms with Gasteiger partial charge in [-0.05, 0) is 59.2 Å². The van der Waals surface area contributed by atoms with Gasteiger partial charge in [0, 0.05) is 23.6 Å². The van der Waals surface area contributed by atoms with E-state index in [9.17, 15) is 0 Å². The molecular weight excluding hydrogens is 410 g/mol. The van der Waals surface area contributed by atoms with E-state index in [1.165, 1.54) is 32.8 Å². The molecule has 0 unspecified atom stereocenters. The van der Waals surface area contributed by atoms with Crippen molar-refractivity contribution in [3.8, 4) is 0 Å². The van der Waals surface area contributed by atoms with Gasteiger partial charge in [-0.15, -0.1) is 5.10 Å². The second-order valence-electron chi connectivity index (χ2n) is 8.83. The molecule has 2 aromatic carbocycles. The normalized spacial score (nSPS) is 15.5. The van der Waals surface area contributed by atoms with Crippen molar-refractivity contribution in [1.82, 2.24) is 25.2 Å². The van der Waals surface area contributed by atoms with E-state index >= 15 is 0 Å². The fourth-order valence-corrected chi connectivity index (χ4v) is 4.79. The van der Waals surface area contributed by atoms with E-state index in [0.29, 0.717) is 6.54 Å². The fraction of sp³-hybridized carbons (Fsp3) is 0.308. The van der Waals surface area contributed by atoms with Crippen molar-refractivity contribution < 1.29 is 4.90 Å². The largest absolute Gasteiger partial charge is 0.360 e. The Morgan fingerprint density at radius 1 is 0.939 bits per heavy atom. The molecule has 33 heavy (non-hydrogen) atoms. The third kappa shape index (κ3) is 4.64. The number of piperazine rings is 1. The zero-order chi connectivity index (χ0) is 22.6. The number of quaternary nitrogens is 1. The molecule has 1 saturated heterocycles. The molecule has 0 radical (unpaired) electrons. The summed E-state index contributed by atoms with van der Waals surface area (Å²) in [4.78, 5) is 8.23. The molecule has 1 N–H and O–H groups in total. The first kappa shape index (κ1) is 21.3. The van der Waals surface area contributed by atoms with Crippen LogP contribution in [0.3, 0.4) is 0 Å². The predicted octanol–water partition coefficient (Wildman–Crippen LogP) is 2.23. The van der Waals surface area contributed by atoms with E-state index in [-0.39, 0.29) is 6.04 Å². The highest BCUT2D eigenvalue weighted by molar-refractivity contribution is 5.55. The van der Waals surface area contributed by atoms with Crippen LogP contribution >= 0.6 is 0 Å². The van der Waals surface area contributed by atoms with Gasteiger partial charge in [0.2, 0.25) is 5.82 Å². The molecule has 0 spiro atoms. The number of benzene rings is 2. The number of tetrazole rings is 1. The highest BCUT2D eigenvalue weighted by Gasteiger charge is 2.34. The summed E-state index contributed by atoms with van der Waals surface area (Å²) in [5, 5.41) is 12.9. The molecule has 1 fully saturated rings. The maximum Gasteiger partial charge on any atom is 0.214 e. The van der Waals surface area contributed by atoms with Crippen molar-refractivity contribution in [3.05, 3.63) is 101 Å². The van der Waals surface area contributed by atoms with Crippen molar-refractivity contribution in [2.24, 2.45) is 0 Å². The van der Waals surface area contributed by atoms with Crippen molar-refractivity contribution in [1.29, 1.82) is 0 Å². The maximum atomic E-state index is 4.51. The second kappa shape index (κ2) is 9.50. The number of pyridine rings is 1. The quantitative estimate of drug-likeness (QED) is 0.498. The Hall–Kier alpha value is -3.58. The molecule has 0 saturated carbocycles. The van der Waals surface area contributed by atoms with E-state index < -0.39 is 0 Å². The van der Waals surface area contributed by atoms with E-state index in [0.717, 1.165) is 32.0 Å². The fourth-order valence-electron chi connectivity index (χ4n) is 4.79. The standard InChI is InChI=1S/C26H29N7/c1-20-8-9-21(2)24(18-20)31-14-16-32(17-15-31)25(23-10-12-27-13-11-23)26-28-29-30-33(26)19-22-6-4-3-5-7-22/h3-13,18,25H,14-17,19H2,1-2H3/p+1/t25-/m0/s1. The van der Waals surface area contributed by atoms with Crippen LogP contribution < -0.4 is 9.80 Å². The van der Waals surface area contributed by atoms with Gasteiger partial charge in [-0.3, -0.25) is 4.98 Å². The molecule has 168 valence electrons. The van der Waals surface area contributed by atoms with Gasteiger partial charge in [0.15, 0.2) is 6.04 Å². The molecule has 2 aromatic heterocycles. The molecule has 0 bridgehead atoms. The summed E-state index contributed by atoms with van der Waals surface area (Å²) < 4.78 is 1.95. The molecule has 3 heterocycles. The number of anilines is 1. The van der Waals surface area contributed by atoms with Gasteiger partial charge in [0.25, 0.3) is 0 Å². The minimum absolute atomic E-state index is 0.0625. The van der Waals surface area contributed by atoms with Gasteiger partial charge in [0.05, 0.1) is 32.7 Å². The third-order valence-electron chi connectivity index (χ3n) is 6.55. The summed E-state index contributed by atoms with van der Waals surface area (Å²) in [6.45, 7) is 9.05. The lowest BCUT2D eigenvalue weighted by molar-refractivity contribution is -0.927. The van der Waals surface area contributed by atoms with Gasteiger partial charge in [-0.25, -0.2) is 4.68 Å². The van der Waals surface area contributed by atoms with Crippen LogP contribution in [-0.4, -0.2) is 51.4 Å². The molecule has 4 aromatic rings. The van der Waals surface area contributed by atoms with Crippen molar-refractivity contribution >= 4 is 5.69 Å². The average Bonchev–Trinajstić information content (AvgIpc) is 3.30. The number of hydrogen-bond acceptors (Lipinski definition) is 5. The number of aryl methyl sites for hydroxylation is 2. The van der Waals surface area contributed by atoms with E-state index in [1.807, 2.05) is 23.1 Å². The Morgan fingerprint density at radius 3 is 2.45 bits per heavy atom. The first-order valence-electron chi connectivity index (χ1n) is 11.6. The van der Waals surface area contributed by atoms with Gasteiger partial charge < -0.3 is 9.80 Å². The third-order valence-corrected chi connectivity index (χ3v) is 6.55. The number of aromatic nitrogens is 5. The molecule has 0 amide bonds. The number of rotatable bonds is 6. The molecule has 1 aliphatic heterocycles. The highest BCUT2D eigenvalue weighted by atomic mass is 15.6. The van der Waals surface area contributed by atoms with Crippen molar-refractivity contribution in [3.63, 3.8) is 0 Å². The molecule has 0 aliphatic carbocycles. The molecule has 7 heteroatoms. The van der Waals surface area contributed by atoms with Gasteiger partial charge in [-0.1, -0.05) is 42.5 Å². The predicted molar refractivity (Wildman–Crippen MR) is 128 cm³/mol. The van der Waals surface area contributed by atoms with Gasteiger partial charge >= 0.3 is 0 Å². The monoisotopic (exact) mass is 440 g/mol. The van der Waals surface area contributed by atoms with E-state index in [2.05, 4.69) is 93.9 Å². The zero-order valence-electron chi connectivity index (χ0n) is 19.2. The summed E-state index contributed by atoms with van der Waals surface area (Å²) in [6, 6.07) is 21.3. The number of hydrogen-bond donors (Lipinski definition) is 1. The minimum atomic E-state index is 0.0625. The number of nitrogens with zero attached hydrogens (tertiary/aromatic N) is 6. The maximum absolute atomic E-state index is 4.51. The van der Waals surface area contributed by atoms with Crippen LogP contribution in [0.5, 0.6) is 0 Å². The smallest absolute Gasteiger partial charge is 0.214 e. The van der Waals surface area contributed by atoms with Gasteiger partial charge in [0.1, 0.15) is 0 Å². The Labute approximate surface area is 194 Å². The minimum Gasteiger partial charge on any atom is -0.360 e. The van der Waals surface area contributed by atoms with Crippen LogP contribution in [0.4, 0.5) is 5.69 Å².